The summed E-state index contributed by atoms with van der Waals surface area (Å²) in [6.07, 6.45) is -9.62. The van der Waals surface area contributed by atoms with E-state index in [-0.39, 0.29) is 55.5 Å². The molecule has 7 atom stereocenters. The highest BCUT2D eigenvalue weighted by Crippen LogP contribution is 2.62. The summed E-state index contributed by atoms with van der Waals surface area (Å²) in [5.74, 6) is -13.6. The number of Topliss-reactive ketones (excluding diaryl/α,β-unsaturated/α-hetero) is 1. The van der Waals surface area contributed by atoms with Gasteiger partial charge >= 0.3 is 6.18 Å². The molecule has 0 bridgehead atoms. The van der Waals surface area contributed by atoms with E-state index in [1.807, 2.05) is 13.8 Å². The molecule has 6 rings (SSSR count). The summed E-state index contributed by atoms with van der Waals surface area (Å²) in [6, 6.07) is -0.461. The number of rotatable bonds is 12. The van der Waals surface area contributed by atoms with Crippen molar-refractivity contribution in [3.63, 3.8) is 0 Å². The standard InChI is InChI=1S/C45H58Cl2F6N6O7/c1-23(2)15-31-39(64)59(4)34(18-25-17-26(46)10-11-30(25)47)38(63)57-43(12-13-43)41(66)54-14-6-5-7-33(37(62)56-31)58(3)40(65)32(16-24-8-9-24)55-36(61)29-20-27(48)19-28(29)35(60)42(45(51,52)53)21-44(49,50)22-42/h10-11,17,23-24,27-29,31-34H,5-9,12-16,18-22H2,1-4H3,(H,54,66)(H,55,61)(H,56,62)(H,57,63)/t27-,28?,29+,31-,32-,33-,34-/m0/s1. The SMILES string of the molecule is CC(C)C[C@@H]1NC(=O)[C@@H](N(C)C(=O)[C@H](CC2CC2)NC(=O)[C@@H]2C[C@@H](F)CC2C(=O)C2(C(F)(F)F)CC(F)(F)C2)CCCCNC(=O)C2(CC2)NC(=O)[C@H](Cc2cc(Cl)ccc2Cl)N(C)C1=O. The Morgan fingerprint density at radius 3 is 2.20 bits per heavy atom. The van der Waals surface area contributed by atoms with Gasteiger partial charge in [0.05, 0.1) is 5.92 Å². The molecule has 0 radical (unpaired) electrons. The maximum absolute atomic E-state index is 14.9. The number of halogens is 8. The number of hydrogen-bond donors (Lipinski definition) is 4. The van der Waals surface area contributed by atoms with Crippen LogP contribution in [-0.4, -0.2) is 120 Å². The zero-order valence-electron chi connectivity index (χ0n) is 37.3. The first kappa shape index (κ1) is 51.3. The molecule has 1 spiro atoms. The van der Waals surface area contributed by atoms with E-state index in [1.165, 1.54) is 19.0 Å². The van der Waals surface area contributed by atoms with Crippen LogP contribution in [0.25, 0.3) is 0 Å². The largest absolute Gasteiger partial charge is 0.401 e. The molecule has 13 nitrogen and oxygen atoms in total. The molecule has 6 amide bonds. The van der Waals surface area contributed by atoms with Crippen LogP contribution in [0.3, 0.4) is 0 Å². The number of nitrogens with one attached hydrogen (secondary N) is 4. The molecule has 1 saturated heterocycles. The van der Waals surface area contributed by atoms with Crippen LogP contribution >= 0.6 is 23.2 Å². The van der Waals surface area contributed by atoms with Crippen molar-refractivity contribution in [2.45, 2.75) is 152 Å². The molecule has 21 heteroatoms. The summed E-state index contributed by atoms with van der Waals surface area (Å²) in [7, 11) is 2.71. The highest BCUT2D eigenvalue weighted by atomic mass is 35.5. The molecule has 66 heavy (non-hydrogen) atoms. The maximum atomic E-state index is 14.9. The van der Waals surface area contributed by atoms with Crippen LogP contribution in [0.15, 0.2) is 18.2 Å². The van der Waals surface area contributed by atoms with Crippen LogP contribution < -0.4 is 21.3 Å². The molecule has 1 aromatic carbocycles. The number of amides is 6. The monoisotopic (exact) mass is 978 g/mol. The van der Waals surface area contributed by atoms with Gasteiger partial charge < -0.3 is 31.1 Å². The minimum absolute atomic E-state index is 0.0110. The van der Waals surface area contributed by atoms with Gasteiger partial charge in [-0.15, -0.1) is 0 Å². The normalized spacial score (nSPS) is 28.5. The van der Waals surface area contributed by atoms with Crippen LogP contribution in [0.2, 0.25) is 10.0 Å². The van der Waals surface area contributed by atoms with Gasteiger partial charge in [0.1, 0.15) is 41.3 Å². The highest BCUT2D eigenvalue weighted by molar-refractivity contribution is 6.33. The fraction of sp³-hybridized carbons (Fsp3) is 0.711. The molecule has 1 aromatic rings. The van der Waals surface area contributed by atoms with Crippen molar-refractivity contribution >= 4 is 64.4 Å². The van der Waals surface area contributed by atoms with Crippen molar-refractivity contribution in [1.29, 1.82) is 0 Å². The second-order valence-electron chi connectivity index (χ2n) is 19.6. The third-order valence-electron chi connectivity index (χ3n) is 13.9. The summed E-state index contributed by atoms with van der Waals surface area (Å²) in [5.41, 5.74) is -4.20. The van der Waals surface area contributed by atoms with E-state index in [4.69, 9.17) is 23.2 Å². The average molecular weight is 980 g/mol. The van der Waals surface area contributed by atoms with Crippen LogP contribution in [0.1, 0.15) is 103 Å². The predicted octanol–water partition coefficient (Wildman–Crippen LogP) is 5.87. The Balaban J connectivity index is 1.26. The van der Waals surface area contributed by atoms with Gasteiger partial charge in [-0.25, -0.2) is 13.2 Å². The number of likely N-dealkylation sites (N-methyl/N-ethyl adjacent to an activating group) is 2. The lowest BCUT2D eigenvalue weighted by atomic mass is 9.59. The fourth-order valence-electron chi connectivity index (χ4n) is 9.70. The summed E-state index contributed by atoms with van der Waals surface area (Å²) >= 11 is 12.8. The van der Waals surface area contributed by atoms with Crippen LogP contribution in [0.5, 0.6) is 0 Å². The Hall–Kier alpha value is -4.13. The van der Waals surface area contributed by atoms with Gasteiger partial charge in [0.2, 0.25) is 35.4 Å². The zero-order chi connectivity index (χ0) is 48.7. The van der Waals surface area contributed by atoms with Crippen LogP contribution in [0, 0.1) is 29.1 Å². The molecular weight excluding hydrogens is 921 g/mol. The Bertz CT molecular complexity index is 2060. The van der Waals surface area contributed by atoms with E-state index in [2.05, 4.69) is 21.3 Å². The van der Waals surface area contributed by atoms with Gasteiger partial charge in [-0.05, 0) is 93.4 Å². The Morgan fingerprint density at radius 2 is 1.61 bits per heavy atom. The molecule has 1 unspecified atom stereocenters. The number of alkyl halides is 6. The van der Waals surface area contributed by atoms with E-state index in [0.717, 1.165) is 4.90 Å². The number of hydrogen-bond acceptors (Lipinski definition) is 7. The lowest BCUT2D eigenvalue weighted by molar-refractivity contribution is -0.296. The van der Waals surface area contributed by atoms with Gasteiger partial charge in [0.25, 0.3) is 5.92 Å². The number of nitrogens with zero attached hydrogens (tertiary/aromatic N) is 2. The average Bonchev–Trinajstić information content (AvgIpc) is 4.16. The highest BCUT2D eigenvalue weighted by Gasteiger charge is 2.74. The minimum atomic E-state index is -5.37. The third kappa shape index (κ3) is 11.4. The molecule has 4 saturated carbocycles. The lowest BCUT2D eigenvalue weighted by Gasteiger charge is -2.48. The second kappa shape index (κ2) is 19.8. The van der Waals surface area contributed by atoms with E-state index in [1.54, 1.807) is 18.2 Å². The van der Waals surface area contributed by atoms with E-state index in [9.17, 15) is 59.9 Å². The Morgan fingerprint density at radius 1 is 0.955 bits per heavy atom. The first-order valence-electron chi connectivity index (χ1n) is 22.6. The van der Waals surface area contributed by atoms with Crippen molar-refractivity contribution in [1.82, 2.24) is 31.1 Å². The minimum Gasteiger partial charge on any atom is -0.354 e. The van der Waals surface area contributed by atoms with Crippen molar-refractivity contribution < 1.29 is 59.9 Å². The topological polar surface area (TPSA) is 174 Å². The van der Waals surface area contributed by atoms with E-state index < -0.39 is 132 Å². The third-order valence-corrected chi connectivity index (χ3v) is 14.5. The van der Waals surface area contributed by atoms with E-state index in [0.29, 0.717) is 42.7 Å². The van der Waals surface area contributed by atoms with Crippen molar-refractivity contribution in [3.05, 3.63) is 33.8 Å². The summed E-state index contributed by atoms with van der Waals surface area (Å²) in [5, 5.41) is 11.6. The molecular formula is C45H58Cl2F6N6O7. The molecule has 0 aromatic heterocycles. The molecule has 5 fully saturated rings. The lowest BCUT2D eigenvalue weighted by Crippen LogP contribution is -2.62. The van der Waals surface area contributed by atoms with Crippen molar-refractivity contribution in [3.8, 4) is 0 Å². The van der Waals surface area contributed by atoms with Gasteiger partial charge in [0, 0.05) is 55.9 Å². The van der Waals surface area contributed by atoms with E-state index >= 15 is 0 Å². The Labute approximate surface area is 389 Å². The number of carbonyl (C=O) groups is 7. The molecule has 4 aliphatic carbocycles. The van der Waals surface area contributed by atoms with Crippen LogP contribution in [-0.2, 0) is 40.0 Å². The quantitative estimate of drug-likeness (QED) is 0.190. The maximum Gasteiger partial charge on any atom is 0.401 e. The summed E-state index contributed by atoms with van der Waals surface area (Å²) in [6.45, 7) is 3.78. The molecule has 1 heterocycles. The smallest absolute Gasteiger partial charge is 0.354 e. The number of carbonyl (C=O) groups excluding carboxylic acids is 7. The summed E-state index contributed by atoms with van der Waals surface area (Å²) < 4.78 is 85.5. The zero-order valence-corrected chi connectivity index (χ0v) is 38.8. The fourth-order valence-corrected chi connectivity index (χ4v) is 10.1. The number of ketones is 1. The molecule has 1 aliphatic heterocycles. The van der Waals surface area contributed by atoms with Gasteiger partial charge in [-0.2, -0.15) is 13.2 Å². The molecule has 4 N–H and O–H groups in total. The van der Waals surface area contributed by atoms with Gasteiger partial charge in [-0.1, -0.05) is 49.9 Å². The summed E-state index contributed by atoms with van der Waals surface area (Å²) in [4.78, 5) is 101. The van der Waals surface area contributed by atoms with Crippen LogP contribution in [0.4, 0.5) is 26.3 Å². The van der Waals surface area contributed by atoms with Gasteiger partial charge in [0.15, 0.2) is 5.78 Å². The van der Waals surface area contributed by atoms with Crippen molar-refractivity contribution in [2.75, 3.05) is 20.6 Å². The molecule has 366 valence electrons. The number of benzene rings is 1. The van der Waals surface area contributed by atoms with Gasteiger partial charge in [-0.3, -0.25) is 33.6 Å². The Kier molecular flexibility index (Phi) is 15.4. The first-order chi connectivity index (χ1) is 30.8. The second-order valence-corrected chi connectivity index (χ2v) is 20.4. The van der Waals surface area contributed by atoms with Crippen molar-refractivity contribution in [2.24, 2.45) is 29.1 Å². The first-order valence-corrected chi connectivity index (χ1v) is 23.3. The predicted molar refractivity (Wildman–Crippen MR) is 230 cm³/mol. The molecule has 5 aliphatic rings.